The lowest BCUT2D eigenvalue weighted by atomic mass is 10.1. The largest absolute Gasteiger partial charge is 0.346 e. The fraction of sp³-hybridized carbons (Fsp3) is 0.308. The monoisotopic (exact) mass is 246 g/mol. The van der Waals surface area contributed by atoms with Gasteiger partial charge in [0.1, 0.15) is 6.29 Å². The Morgan fingerprint density at radius 2 is 2.17 bits per heavy atom. The van der Waals surface area contributed by atoms with E-state index in [0.717, 1.165) is 11.8 Å². The van der Waals surface area contributed by atoms with Crippen molar-refractivity contribution in [2.45, 2.75) is 12.8 Å². The van der Waals surface area contributed by atoms with E-state index < -0.39 is 11.8 Å². The molecule has 5 nitrogen and oxygen atoms in total. The average Bonchev–Trinajstić information content (AvgIpc) is 2.40. The van der Waals surface area contributed by atoms with Crippen LogP contribution >= 0.6 is 0 Å². The van der Waals surface area contributed by atoms with Crippen LogP contribution in [0.1, 0.15) is 12.0 Å². The Hall–Kier alpha value is -2.17. The number of rotatable bonds is 4. The zero-order chi connectivity index (χ0) is 13.0. The Morgan fingerprint density at radius 3 is 2.94 bits per heavy atom. The molecule has 1 heterocycles. The van der Waals surface area contributed by atoms with Crippen LogP contribution in [0.15, 0.2) is 24.3 Å². The number of hydrogen-bond donors (Lipinski definition) is 1. The second-order valence-electron chi connectivity index (χ2n) is 4.09. The van der Waals surface area contributed by atoms with E-state index in [9.17, 15) is 14.4 Å². The smallest absolute Gasteiger partial charge is 0.316 e. The summed E-state index contributed by atoms with van der Waals surface area (Å²) < 4.78 is 0. The van der Waals surface area contributed by atoms with E-state index in [1.54, 1.807) is 6.07 Å². The van der Waals surface area contributed by atoms with Gasteiger partial charge in [-0.1, -0.05) is 12.1 Å². The number of aryl methyl sites for hydroxylation is 1. The molecule has 0 bridgehead atoms. The molecule has 0 aromatic heterocycles. The highest BCUT2D eigenvalue weighted by Gasteiger charge is 2.27. The molecule has 0 unspecified atom stereocenters. The van der Waals surface area contributed by atoms with Crippen LogP contribution < -0.4 is 10.2 Å². The molecule has 1 aromatic rings. The predicted octanol–water partition coefficient (Wildman–Crippen LogP) is 0.281. The molecule has 5 heteroatoms. The summed E-state index contributed by atoms with van der Waals surface area (Å²) in [5.74, 6) is -1.10. The average molecular weight is 246 g/mol. The summed E-state index contributed by atoms with van der Waals surface area (Å²) in [6, 6.07) is 7.37. The highest BCUT2D eigenvalue weighted by Crippen LogP contribution is 2.18. The van der Waals surface area contributed by atoms with Crippen molar-refractivity contribution >= 4 is 23.8 Å². The third kappa shape index (κ3) is 2.56. The maximum atomic E-state index is 11.7. The van der Waals surface area contributed by atoms with Gasteiger partial charge in [0.25, 0.3) is 0 Å². The molecule has 0 spiro atoms. The molecule has 18 heavy (non-hydrogen) atoms. The predicted molar refractivity (Wildman–Crippen MR) is 66.2 cm³/mol. The third-order valence-corrected chi connectivity index (χ3v) is 2.83. The molecule has 0 saturated carbocycles. The Morgan fingerprint density at radius 1 is 1.33 bits per heavy atom. The normalized spacial score (nSPS) is 15.4. The summed E-state index contributed by atoms with van der Waals surface area (Å²) in [6.45, 7) is 0.935. The van der Waals surface area contributed by atoms with E-state index in [0.29, 0.717) is 31.6 Å². The van der Waals surface area contributed by atoms with Crippen LogP contribution in [0, 0.1) is 0 Å². The van der Waals surface area contributed by atoms with Gasteiger partial charge in [-0.05, 0) is 24.1 Å². The van der Waals surface area contributed by atoms with Gasteiger partial charge in [0.05, 0.1) is 0 Å². The highest BCUT2D eigenvalue weighted by molar-refractivity contribution is 6.41. The van der Waals surface area contributed by atoms with Gasteiger partial charge in [0.15, 0.2) is 0 Å². The van der Waals surface area contributed by atoms with Crippen molar-refractivity contribution in [3.8, 4) is 0 Å². The number of piperazine rings is 1. The SMILES string of the molecule is O=CCCc1cccc(N2CCNC(=O)C2=O)c1. The highest BCUT2D eigenvalue weighted by atomic mass is 16.2. The number of nitrogens with zero attached hydrogens (tertiary/aromatic N) is 1. The van der Waals surface area contributed by atoms with E-state index in [1.165, 1.54) is 4.90 Å². The number of nitrogens with one attached hydrogen (secondary N) is 1. The Kier molecular flexibility index (Phi) is 3.72. The molecule has 0 radical (unpaired) electrons. The molecule has 1 aromatic carbocycles. The number of carbonyl (C=O) groups excluding carboxylic acids is 3. The number of hydrogen-bond acceptors (Lipinski definition) is 3. The summed E-state index contributed by atoms with van der Waals surface area (Å²) in [7, 11) is 0. The third-order valence-electron chi connectivity index (χ3n) is 2.83. The zero-order valence-electron chi connectivity index (χ0n) is 9.89. The van der Waals surface area contributed by atoms with Crippen LogP contribution in [-0.2, 0) is 20.8 Å². The first-order valence-electron chi connectivity index (χ1n) is 5.84. The van der Waals surface area contributed by atoms with E-state index in [2.05, 4.69) is 5.32 Å². The topological polar surface area (TPSA) is 66.5 Å². The fourth-order valence-corrected chi connectivity index (χ4v) is 1.93. The first kappa shape index (κ1) is 12.3. The standard InChI is InChI=1S/C13H14N2O3/c16-8-2-4-10-3-1-5-11(9-10)15-7-6-14-12(17)13(15)18/h1,3,5,8-9H,2,4,6-7H2,(H,14,17). The summed E-state index contributed by atoms with van der Waals surface area (Å²) in [4.78, 5) is 34.8. The molecule has 0 atom stereocenters. The van der Waals surface area contributed by atoms with E-state index in [1.807, 2.05) is 18.2 Å². The van der Waals surface area contributed by atoms with Gasteiger partial charge >= 0.3 is 11.8 Å². The molecule has 1 saturated heterocycles. The van der Waals surface area contributed by atoms with Gasteiger partial charge < -0.3 is 15.0 Å². The van der Waals surface area contributed by atoms with Gasteiger partial charge in [-0.2, -0.15) is 0 Å². The fourth-order valence-electron chi connectivity index (χ4n) is 1.93. The van der Waals surface area contributed by atoms with Crippen molar-refractivity contribution in [1.82, 2.24) is 5.32 Å². The minimum atomic E-state index is -0.570. The number of benzene rings is 1. The van der Waals surface area contributed by atoms with Crippen molar-refractivity contribution in [2.24, 2.45) is 0 Å². The van der Waals surface area contributed by atoms with Crippen LogP contribution in [0.2, 0.25) is 0 Å². The second-order valence-corrected chi connectivity index (χ2v) is 4.09. The number of anilines is 1. The maximum absolute atomic E-state index is 11.7. The Bertz CT molecular complexity index is 485. The van der Waals surface area contributed by atoms with Crippen molar-refractivity contribution in [1.29, 1.82) is 0 Å². The number of amides is 2. The van der Waals surface area contributed by atoms with Crippen LogP contribution in [-0.4, -0.2) is 31.2 Å². The molecule has 1 aliphatic heterocycles. The number of aldehydes is 1. The van der Waals surface area contributed by atoms with Gasteiger partial charge in [0.2, 0.25) is 0 Å². The zero-order valence-corrected chi connectivity index (χ0v) is 9.89. The van der Waals surface area contributed by atoms with Crippen molar-refractivity contribution in [2.75, 3.05) is 18.0 Å². The van der Waals surface area contributed by atoms with E-state index in [-0.39, 0.29) is 0 Å². The second kappa shape index (κ2) is 5.44. The van der Waals surface area contributed by atoms with Crippen molar-refractivity contribution in [3.05, 3.63) is 29.8 Å². The molecular weight excluding hydrogens is 232 g/mol. The minimum Gasteiger partial charge on any atom is -0.346 e. The molecule has 1 fully saturated rings. The summed E-state index contributed by atoms with van der Waals surface area (Å²) in [5.41, 5.74) is 1.69. The molecule has 2 amide bonds. The summed E-state index contributed by atoms with van der Waals surface area (Å²) in [5, 5.41) is 2.50. The lowest BCUT2D eigenvalue weighted by molar-refractivity contribution is -0.138. The lowest BCUT2D eigenvalue weighted by Gasteiger charge is -2.26. The van der Waals surface area contributed by atoms with Gasteiger partial charge in [-0.25, -0.2) is 0 Å². The van der Waals surface area contributed by atoms with Gasteiger partial charge in [-0.3, -0.25) is 9.59 Å². The van der Waals surface area contributed by atoms with E-state index in [4.69, 9.17) is 0 Å². The summed E-state index contributed by atoms with van der Waals surface area (Å²) in [6.07, 6.45) is 1.97. The van der Waals surface area contributed by atoms with Gasteiger partial charge in [-0.15, -0.1) is 0 Å². The minimum absolute atomic E-state index is 0.456. The van der Waals surface area contributed by atoms with Crippen molar-refractivity contribution in [3.63, 3.8) is 0 Å². The maximum Gasteiger partial charge on any atom is 0.316 e. The molecule has 1 N–H and O–H groups in total. The van der Waals surface area contributed by atoms with Crippen LogP contribution in [0.4, 0.5) is 5.69 Å². The first-order chi connectivity index (χ1) is 8.72. The van der Waals surface area contributed by atoms with E-state index >= 15 is 0 Å². The molecule has 2 rings (SSSR count). The van der Waals surface area contributed by atoms with Crippen LogP contribution in [0.5, 0.6) is 0 Å². The van der Waals surface area contributed by atoms with Crippen LogP contribution in [0.25, 0.3) is 0 Å². The molecule has 1 aliphatic rings. The Labute approximate surface area is 105 Å². The molecular formula is C13H14N2O3. The quantitative estimate of drug-likeness (QED) is 0.613. The number of carbonyl (C=O) groups is 3. The van der Waals surface area contributed by atoms with Gasteiger partial charge in [0, 0.05) is 25.2 Å². The molecule has 0 aliphatic carbocycles. The van der Waals surface area contributed by atoms with Crippen LogP contribution in [0.3, 0.4) is 0 Å². The Balaban J connectivity index is 2.19. The van der Waals surface area contributed by atoms with Crippen molar-refractivity contribution < 1.29 is 14.4 Å². The molecule has 94 valence electrons. The first-order valence-corrected chi connectivity index (χ1v) is 5.84. The lowest BCUT2D eigenvalue weighted by Crippen LogP contribution is -2.52. The summed E-state index contributed by atoms with van der Waals surface area (Å²) >= 11 is 0.